The summed E-state index contributed by atoms with van der Waals surface area (Å²) in [5.74, 6) is 0.122. The van der Waals surface area contributed by atoms with Gasteiger partial charge in [-0.3, -0.25) is 0 Å². The molecule has 0 aliphatic heterocycles. The highest BCUT2D eigenvalue weighted by atomic mass is 79.9. The van der Waals surface area contributed by atoms with Crippen LogP contribution in [0.15, 0.2) is 68.3 Å². The number of hydrazone groups is 1. The summed E-state index contributed by atoms with van der Waals surface area (Å²) in [5.41, 5.74) is 11.4. The summed E-state index contributed by atoms with van der Waals surface area (Å²) in [4.78, 5) is 0. The van der Waals surface area contributed by atoms with Crippen LogP contribution in [0.4, 0.5) is 0 Å². The first kappa shape index (κ1) is 15.9. The third-order valence-corrected chi connectivity index (χ3v) is 3.24. The molecular formula is C16H16BrN5. The van der Waals surface area contributed by atoms with Gasteiger partial charge in [0, 0.05) is 4.47 Å². The molecule has 5 nitrogen and oxygen atoms in total. The maximum Gasteiger partial charge on any atom is 0.234 e. The van der Waals surface area contributed by atoms with Crippen LogP contribution >= 0.6 is 15.9 Å². The lowest BCUT2D eigenvalue weighted by molar-refractivity contribution is 0.994. The van der Waals surface area contributed by atoms with Gasteiger partial charge in [0.1, 0.15) is 0 Å². The number of nitrogens with one attached hydrogen (secondary N) is 1. The van der Waals surface area contributed by atoms with Crippen molar-refractivity contribution < 1.29 is 0 Å². The Morgan fingerprint density at radius 3 is 2.27 bits per heavy atom. The second-order valence-corrected chi connectivity index (χ2v) is 5.48. The van der Waals surface area contributed by atoms with Crippen molar-refractivity contribution in [1.29, 1.82) is 0 Å². The van der Waals surface area contributed by atoms with Crippen LogP contribution in [-0.2, 0) is 0 Å². The summed E-state index contributed by atoms with van der Waals surface area (Å²) < 4.78 is 1.02. The van der Waals surface area contributed by atoms with Crippen LogP contribution in [0.1, 0.15) is 16.7 Å². The van der Waals surface area contributed by atoms with E-state index in [-0.39, 0.29) is 5.96 Å². The summed E-state index contributed by atoms with van der Waals surface area (Å²) in [5, 5.41) is 11.7. The fourth-order valence-corrected chi connectivity index (χ4v) is 1.82. The molecule has 0 fully saturated rings. The van der Waals surface area contributed by atoms with Gasteiger partial charge in [-0.1, -0.05) is 57.9 Å². The van der Waals surface area contributed by atoms with Gasteiger partial charge >= 0.3 is 0 Å². The van der Waals surface area contributed by atoms with E-state index >= 15 is 0 Å². The van der Waals surface area contributed by atoms with Gasteiger partial charge in [0.25, 0.3) is 0 Å². The van der Waals surface area contributed by atoms with E-state index in [2.05, 4.69) is 36.7 Å². The quantitative estimate of drug-likeness (QED) is 0.501. The minimum absolute atomic E-state index is 0.122. The van der Waals surface area contributed by atoms with Crippen molar-refractivity contribution in [2.75, 3.05) is 0 Å². The van der Waals surface area contributed by atoms with Crippen LogP contribution in [0.25, 0.3) is 0 Å². The van der Waals surface area contributed by atoms with E-state index < -0.39 is 0 Å². The van der Waals surface area contributed by atoms with Crippen molar-refractivity contribution in [2.45, 2.75) is 6.92 Å². The average Bonchev–Trinajstić information content (AvgIpc) is 2.51. The van der Waals surface area contributed by atoms with E-state index in [0.717, 1.165) is 15.6 Å². The average molecular weight is 358 g/mol. The minimum Gasteiger partial charge on any atom is -0.367 e. The van der Waals surface area contributed by atoms with Crippen molar-refractivity contribution in [3.05, 3.63) is 69.7 Å². The normalized spacial score (nSPS) is 12.2. The first-order valence-corrected chi connectivity index (χ1v) is 7.40. The zero-order chi connectivity index (χ0) is 15.8. The zero-order valence-corrected chi connectivity index (χ0v) is 13.7. The fourth-order valence-electron chi connectivity index (χ4n) is 1.55. The highest BCUT2D eigenvalue weighted by Gasteiger charge is 1.90. The fraction of sp³-hybridized carbons (Fsp3) is 0.0625. The van der Waals surface area contributed by atoms with Crippen LogP contribution in [0, 0.1) is 6.92 Å². The van der Waals surface area contributed by atoms with Crippen molar-refractivity contribution >= 4 is 34.3 Å². The molecule has 0 bridgehead atoms. The van der Waals surface area contributed by atoms with E-state index in [4.69, 9.17) is 5.73 Å². The van der Waals surface area contributed by atoms with E-state index in [1.165, 1.54) is 5.56 Å². The number of halogens is 1. The molecule has 2 rings (SSSR count). The Labute approximate surface area is 137 Å². The number of guanidine groups is 1. The van der Waals surface area contributed by atoms with Crippen LogP contribution in [0.5, 0.6) is 0 Å². The molecule has 0 aromatic heterocycles. The summed E-state index contributed by atoms with van der Waals surface area (Å²) in [6.45, 7) is 2.03. The highest BCUT2D eigenvalue weighted by Crippen LogP contribution is 2.08. The van der Waals surface area contributed by atoms with Gasteiger partial charge in [-0.25, -0.2) is 5.43 Å². The van der Waals surface area contributed by atoms with Crippen molar-refractivity contribution in [3.8, 4) is 0 Å². The smallest absolute Gasteiger partial charge is 0.234 e. The van der Waals surface area contributed by atoms with Crippen LogP contribution in [-0.4, -0.2) is 18.4 Å². The van der Waals surface area contributed by atoms with Gasteiger partial charge in [-0.15, -0.1) is 5.10 Å². The van der Waals surface area contributed by atoms with Gasteiger partial charge < -0.3 is 5.73 Å². The Kier molecular flexibility index (Phi) is 5.85. The lowest BCUT2D eigenvalue weighted by Crippen LogP contribution is -2.26. The molecule has 0 amide bonds. The number of aryl methyl sites for hydroxylation is 1. The van der Waals surface area contributed by atoms with Crippen molar-refractivity contribution in [2.24, 2.45) is 21.0 Å². The second kappa shape index (κ2) is 8.09. The maximum absolute atomic E-state index is 5.65. The third-order valence-electron chi connectivity index (χ3n) is 2.71. The number of rotatable bonds is 4. The molecule has 0 spiro atoms. The molecule has 0 atom stereocenters. The molecule has 0 aliphatic carbocycles. The van der Waals surface area contributed by atoms with E-state index in [0.29, 0.717) is 0 Å². The number of benzene rings is 2. The Hall–Kier alpha value is -2.47. The number of hydrogen-bond acceptors (Lipinski definition) is 3. The van der Waals surface area contributed by atoms with Crippen molar-refractivity contribution in [1.82, 2.24) is 5.43 Å². The molecule has 2 aromatic rings. The Morgan fingerprint density at radius 2 is 1.59 bits per heavy atom. The van der Waals surface area contributed by atoms with Gasteiger partial charge in [0.2, 0.25) is 5.96 Å². The summed E-state index contributed by atoms with van der Waals surface area (Å²) in [7, 11) is 0. The van der Waals surface area contributed by atoms with Crippen LogP contribution < -0.4 is 11.2 Å². The summed E-state index contributed by atoms with van der Waals surface area (Å²) in [6.07, 6.45) is 3.28. The molecule has 22 heavy (non-hydrogen) atoms. The van der Waals surface area contributed by atoms with E-state index in [1.807, 2.05) is 55.5 Å². The molecule has 2 aromatic carbocycles. The largest absolute Gasteiger partial charge is 0.367 e. The molecule has 0 radical (unpaired) electrons. The Balaban J connectivity index is 1.87. The SMILES string of the molecule is Cc1ccc(/C=N/N=C(N)N/N=C/c2ccc(Br)cc2)cc1. The standard InChI is InChI=1S/C16H16BrN5/c1-12-2-4-13(5-3-12)10-19-21-16(18)22-20-11-14-6-8-15(17)9-7-14/h2-11H,1H3,(H3,18,21,22)/b19-10+,20-11+. The summed E-state index contributed by atoms with van der Waals surface area (Å²) in [6, 6.07) is 15.7. The van der Waals surface area contributed by atoms with Gasteiger partial charge in [-0.05, 0) is 30.2 Å². The van der Waals surface area contributed by atoms with E-state index in [1.54, 1.807) is 12.4 Å². The van der Waals surface area contributed by atoms with Gasteiger partial charge in [-0.2, -0.15) is 10.2 Å². The predicted octanol–water partition coefficient (Wildman–Crippen LogP) is 3.03. The zero-order valence-electron chi connectivity index (χ0n) is 12.1. The monoisotopic (exact) mass is 357 g/mol. The minimum atomic E-state index is 0.122. The lowest BCUT2D eigenvalue weighted by Gasteiger charge is -1.97. The Morgan fingerprint density at radius 1 is 1.00 bits per heavy atom. The molecule has 3 N–H and O–H groups in total. The second-order valence-electron chi connectivity index (χ2n) is 4.56. The predicted molar refractivity (Wildman–Crippen MR) is 95.3 cm³/mol. The van der Waals surface area contributed by atoms with Gasteiger partial charge in [0.15, 0.2) is 0 Å². The Bertz CT molecular complexity index is 687. The van der Waals surface area contributed by atoms with Crippen molar-refractivity contribution in [3.63, 3.8) is 0 Å². The lowest BCUT2D eigenvalue weighted by atomic mass is 10.2. The molecule has 112 valence electrons. The summed E-state index contributed by atoms with van der Waals surface area (Å²) >= 11 is 3.37. The van der Waals surface area contributed by atoms with Crippen LogP contribution in [0.2, 0.25) is 0 Å². The number of hydrogen-bond donors (Lipinski definition) is 2. The molecule has 0 saturated carbocycles. The molecule has 0 unspecified atom stereocenters. The molecule has 0 heterocycles. The first-order chi connectivity index (χ1) is 10.6. The third kappa shape index (κ3) is 5.49. The highest BCUT2D eigenvalue weighted by molar-refractivity contribution is 9.10. The molecule has 0 saturated heterocycles. The van der Waals surface area contributed by atoms with E-state index in [9.17, 15) is 0 Å². The first-order valence-electron chi connectivity index (χ1n) is 6.61. The maximum atomic E-state index is 5.65. The molecule has 6 heteroatoms. The molecule has 0 aliphatic rings. The van der Waals surface area contributed by atoms with Crippen LogP contribution in [0.3, 0.4) is 0 Å². The molecular weight excluding hydrogens is 342 g/mol. The topological polar surface area (TPSA) is 75.1 Å². The van der Waals surface area contributed by atoms with Gasteiger partial charge in [0.05, 0.1) is 12.4 Å². The number of nitrogens with zero attached hydrogens (tertiary/aromatic N) is 3. The number of nitrogens with two attached hydrogens (primary N) is 1.